The van der Waals surface area contributed by atoms with E-state index in [1.807, 2.05) is 60.7 Å². The predicted octanol–water partition coefficient (Wildman–Crippen LogP) is 3.55. The van der Waals surface area contributed by atoms with Crippen LogP contribution in [0.3, 0.4) is 0 Å². The van der Waals surface area contributed by atoms with Gasteiger partial charge in [-0.25, -0.2) is 0 Å². The summed E-state index contributed by atoms with van der Waals surface area (Å²) in [6.07, 6.45) is 0.986. The van der Waals surface area contributed by atoms with E-state index >= 15 is 0 Å². The number of hydrogen-bond acceptors (Lipinski definition) is 3. The van der Waals surface area contributed by atoms with Gasteiger partial charge in [0.05, 0.1) is 6.61 Å². The standard InChI is InChI=1S/C17H21NO2.ClH/c1-3-8-16(9-4-1)19-14-7-12-18-13-15-20-17-10-5-2-6-11-17;/h1-6,8-11,18H,7,12-15H2;1H. The zero-order valence-electron chi connectivity index (χ0n) is 12.0. The van der Waals surface area contributed by atoms with Crippen molar-refractivity contribution in [3.8, 4) is 11.5 Å². The van der Waals surface area contributed by atoms with Crippen LogP contribution in [0.2, 0.25) is 0 Å². The van der Waals surface area contributed by atoms with E-state index in [1.165, 1.54) is 0 Å². The zero-order valence-corrected chi connectivity index (χ0v) is 12.9. The average molecular weight is 308 g/mol. The second kappa shape index (κ2) is 11.0. The van der Waals surface area contributed by atoms with Crippen molar-refractivity contribution in [2.45, 2.75) is 6.42 Å². The highest BCUT2D eigenvalue weighted by Gasteiger charge is 1.93. The van der Waals surface area contributed by atoms with Gasteiger partial charge in [-0.05, 0) is 37.2 Å². The van der Waals surface area contributed by atoms with E-state index in [0.29, 0.717) is 6.61 Å². The Morgan fingerprint density at radius 2 is 1.19 bits per heavy atom. The van der Waals surface area contributed by atoms with Gasteiger partial charge in [-0.2, -0.15) is 0 Å². The van der Waals surface area contributed by atoms with E-state index in [0.717, 1.165) is 37.6 Å². The van der Waals surface area contributed by atoms with Crippen LogP contribution >= 0.6 is 12.4 Å². The van der Waals surface area contributed by atoms with Crippen LogP contribution in [-0.2, 0) is 0 Å². The Hall–Kier alpha value is -1.71. The Morgan fingerprint density at radius 3 is 1.76 bits per heavy atom. The molecule has 3 nitrogen and oxygen atoms in total. The molecule has 4 heteroatoms. The van der Waals surface area contributed by atoms with Gasteiger partial charge in [0, 0.05) is 6.54 Å². The largest absolute Gasteiger partial charge is 0.494 e. The summed E-state index contributed by atoms with van der Waals surface area (Å²) >= 11 is 0. The first-order valence-corrected chi connectivity index (χ1v) is 7.01. The van der Waals surface area contributed by atoms with Crippen molar-refractivity contribution in [3.63, 3.8) is 0 Å². The molecule has 0 aliphatic heterocycles. The van der Waals surface area contributed by atoms with Crippen LogP contribution in [0.15, 0.2) is 60.7 Å². The van der Waals surface area contributed by atoms with Gasteiger partial charge >= 0.3 is 0 Å². The second-order valence-corrected chi connectivity index (χ2v) is 4.43. The summed E-state index contributed by atoms with van der Waals surface area (Å²) in [5, 5.41) is 3.34. The average Bonchev–Trinajstić information content (AvgIpc) is 2.52. The molecule has 0 radical (unpaired) electrons. The highest BCUT2D eigenvalue weighted by molar-refractivity contribution is 5.85. The van der Waals surface area contributed by atoms with E-state index in [1.54, 1.807) is 0 Å². The molecular weight excluding hydrogens is 286 g/mol. The molecule has 0 amide bonds. The summed E-state index contributed by atoms with van der Waals surface area (Å²) in [5.41, 5.74) is 0. The summed E-state index contributed by atoms with van der Waals surface area (Å²) in [4.78, 5) is 0. The molecule has 2 aromatic carbocycles. The molecule has 0 saturated heterocycles. The molecule has 0 bridgehead atoms. The van der Waals surface area contributed by atoms with Crippen molar-refractivity contribution >= 4 is 12.4 Å². The van der Waals surface area contributed by atoms with Gasteiger partial charge in [0.1, 0.15) is 18.1 Å². The molecule has 2 rings (SSSR count). The monoisotopic (exact) mass is 307 g/mol. The lowest BCUT2D eigenvalue weighted by atomic mass is 10.3. The van der Waals surface area contributed by atoms with Crippen molar-refractivity contribution < 1.29 is 9.47 Å². The third kappa shape index (κ3) is 7.59. The number of rotatable bonds is 9. The van der Waals surface area contributed by atoms with Gasteiger partial charge < -0.3 is 14.8 Å². The summed E-state index contributed by atoms with van der Waals surface area (Å²) in [6, 6.07) is 19.8. The Bertz CT molecular complexity index is 419. The molecule has 0 fully saturated rings. The smallest absolute Gasteiger partial charge is 0.119 e. The lowest BCUT2D eigenvalue weighted by molar-refractivity contribution is 0.294. The minimum Gasteiger partial charge on any atom is -0.494 e. The molecule has 0 aromatic heterocycles. The van der Waals surface area contributed by atoms with Crippen LogP contribution in [0.25, 0.3) is 0 Å². The van der Waals surface area contributed by atoms with Crippen molar-refractivity contribution in [2.24, 2.45) is 0 Å². The summed E-state index contributed by atoms with van der Waals surface area (Å²) < 4.78 is 11.2. The predicted molar refractivity (Wildman–Crippen MR) is 88.6 cm³/mol. The van der Waals surface area contributed by atoms with Gasteiger partial charge in [-0.15, -0.1) is 12.4 Å². The molecule has 21 heavy (non-hydrogen) atoms. The Balaban J connectivity index is 0.00000220. The number of benzene rings is 2. The van der Waals surface area contributed by atoms with Crippen LogP contribution in [0.5, 0.6) is 11.5 Å². The summed E-state index contributed by atoms with van der Waals surface area (Å²) in [7, 11) is 0. The fourth-order valence-corrected chi connectivity index (χ4v) is 1.79. The number of nitrogens with one attached hydrogen (secondary N) is 1. The molecule has 0 heterocycles. The Labute approximate surface area is 132 Å². The fraction of sp³-hybridized carbons (Fsp3) is 0.294. The van der Waals surface area contributed by atoms with Crippen molar-refractivity contribution in [1.82, 2.24) is 5.32 Å². The second-order valence-electron chi connectivity index (χ2n) is 4.43. The van der Waals surface area contributed by atoms with Crippen molar-refractivity contribution in [1.29, 1.82) is 0 Å². The van der Waals surface area contributed by atoms with Crippen molar-refractivity contribution in [2.75, 3.05) is 26.3 Å². The Kier molecular flexibility index (Phi) is 9.09. The zero-order chi connectivity index (χ0) is 13.9. The SMILES string of the molecule is Cl.c1ccc(OCCCNCCOc2ccccc2)cc1. The molecule has 0 aliphatic carbocycles. The maximum Gasteiger partial charge on any atom is 0.119 e. The third-order valence-electron chi connectivity index (χ3n) is 2.80. The fourth-order valence-electron chi connectivity index (χ4n) is 1.79. The van der Waals surface area contributed by atoms with Crippen LogP contribution in [0.4, 0.5) is 0 Å². The van der Waals surface area contributed by atoms with Gasteiger partial charge in [0.25, 0.3) is 0 Å². The lowest BCUT2D eigenvalue weighted by Gasteiger charge is -2.08. The minimum absolute atomic E-state index is 0. The summed E-state index contributed by atoms with van der Waals surface area (Å²) in [6.45, 7) is 3.20. The lowest BCUT2D eigenvalue weighted by Crippen LogP contribution is -2.23. The van der Waals surface area contributed by atoms with Gasteiger partial charge in [0.15, 0.2) is 0 Å². The first-order chi connectivity index (χ1) is 9.95. The molecule has 1 N–H and O–H groups in total. The van der Waals surface area contributed by atoms with Gasteiger partial charge in [-0.3, -0.25) is 0 Å². The van der Waals surface area contributed by atoms with Crippen molar-refractivity contribution in [3.05, 3.63) is 60.7 Å². The van der Waals surface area contributed by atoms with E-state index in [-0.39, 0.29) is 12.4 Å². The van der Waals surface area contributed by atoms with Crippen LogP contribution < -0.4 is 14.8 Å². The quantitative estimate of drug-likeness (QED) is 0.719. The van der Waals surface area contributed by atoms with Crippen LogP contribution in [0, 0.1) is 0 Å². The van der Waals surface area contributed by atoms with E-state index in [4.69, 9.17) is 9.47 Å². The molecule has 0 unspecified atom stereocenters. The highest BCUT2D eigenvalue weighted by atomic mass is 35.5. The minimum atomic E-state index is 0. The number of ether oxygens (including phenoxy) is 2. The third-order valence-corrected chi connectivity index (χ3v) is 2.80. The normalized spacial score (nSPS) is 9.71. The first kappa shape index (κ1) is 17.3. The molecule has 114 valence electrons. The van der Waals surface area contributed by atoms with Crippen LogP contribution in [0.1, 0.15) is 6.42 Å². The molecule has 0 spiro atoms. The molecule has 0 aliphatic rings. The number of halogens is 1. The molecule has 0 atom stereocenters. The number of hydrogen-bond donors (Lipinski definition) is 1. The summed E-state index contributed by atoms with van der Waals surface area (Å²) in [5.74, 6) is 1.85. The highest BCUT2D eigenvalue weighted by Crippen LogP contribution is 2.08. The van der Waals surface area contributed by atoms with E-state index in [2.05, 4.69) is 5.32 Å². The maximum atomic E-state index is 5.61. The first-order valence-electron chi connectivity index (χ1n) is 7.01. The topological polar surface area (TPSA) is 30.5 Å². The van der Waals surface area contributed by atoms with E-state index < -0.39 is 0 Å². The van der Waals surface area contributed by atoms with Crippen LogP contribution in [-0.4, -0.2) is 26.3 Å². The molecule has 2 aromatic rings. The van der Waals surface area contributed by atoms with E-state index in [9.17, 15) is 0 Å². The maximum absolute atomic E-state index is 5.61. The van der Waals surface area contributed by atoms with Gasteiger partial charge in [0.2, 0.25) is 0 Å². The molecular formula is C17H22ClNO2. The number of para-hydroxylation sites is 2. The van der Waals surface area contributed by atoms with Gasteiger partial charge in [-0.1, -0.05) is 36.4 Å². The Morgan fingerprint density at radius 1 is 0.667 bits per heavy atom. The molecule has 0 saturated carbocycles.